The van der Waals surface area contributed by atoms with Gasteiger partial charge in [-0.05, 0) is 24.3 Å². The summed E-state index contributed by atoms with van der Waals surface area (Å²) in [5, 5.41) is 10.7. The predicted octanol–water partition coefficient (Wildman–Crippen LogP) is 3.95. The molecule has 1 amide bonds. The lowest BCUT2D eigenvalue weighted by Crippen LogP contribution is -2.14. The summed E-state index contributed by atoms with van der Waals surface area (Å²) in [6, 6.07) is 9.62. The van der Waals surface area contributed by atoms with E-state index in [9.17, 15) is 13.6 Å². The van der Waals surface area contributed by atoms with Gasteiger partial charge >= 0.3 is 5.92 Å². The first-order chi connectivity index (χ1) is 14.8. The molecule has 0 bridgehead atoms. The zero-order valence-electron chi connectivity index (χ0n) is 16.5. The number of furan rings is 1. The van der Waals surface area contributed by atoms with Gasteiger partial charge in [-0.15, -0.1) is 5.10 Å². The third kappa shape index (κ3) is 4.44. The first kappa shape index (κ1) is 20.3. The van der Waals surface area contributed by atoms with E-state index in [2.05, 4.69) is 20.5 Å². The van der Waals surface area contributed by atoms with Crippen LogP contribution in [0.5, 0.6) is 5.75 Å². The summed E-state index contributed by atoms with van der Waals surface area (Å²) in [5.41, 5.74) is 0.677. The summed E-state index contributed by atoms with van der Waals surface area (Å²) in [7, 11) is 1.54. The standard InChI is InChI=1S/C20H17F2N5O4/c1-20(21,22)15-7-6-14(31-15)10-27-24-9-16(26-27)25-19(28)17-18(30-11-23-17)12-4-3-5-13(8-12)29-2/h3-9,11H,10H2,1-2H3,(H,25,26,28). The van der Waals surface area contributed by atoms with E-state index >= 15 is 0 Å². The molecule has 0 radical (unpaired) electrons. The number of halogens is 2. The molecule has 1 N–H and O–H groups in total. The number of nitrogens with one attached hydrogen (secondary N) is 1. The molecule has 0 saturated heterocycles. The van der Waals surface area contributed by atoms with E-state index in [4.69, 9.17) is 13.6 Å². The number of nitrogens with zero attached hydrogens (tertiary/aromatic N) is 4. The van der Waals surface area contributed by atoms with E-state index in [1.807, 2.05) is 0 Å². The molecule has 1 aromatic carbocycles. The average molecular weight is 429 g/mol. The van der Waals surface area contributed by atoms with E-state index in [0.29, 0.717) is 11.3 Å². The zero-order valence-corrected chi connectivity index (χ0v) is 16.5. The maximum atomic E-state index is 13.3. The van der Waals surface area contributed by atoms with Gasteiger partial charge in [-0.3, -0.25) is 4.79 Å². The Labute approximate surface area is 174 Å². The summed E-state index contributed by atoms with van der Waals surface area (Å²) in [4.78, 5) is 17.9. The molecule has 160 valence electrons. The molecule has 3 aromatic heterocycles. The van der Waals surface area contributed by atoms with E-state index in [1.165, 1.54) is 36.6 Å². The van der Waals surface area contributed by atoms with Crippen LogP contribution in [-0.2, 0) is 12.5 Å². The molecule has 0 unspecified atom stereocenters. The van der Waals surface area contributed by atoms with Crippen molar-refractivity contribution in [1.29, 1.82) is 0 Å². The summed E-state index contributed by atoms with van der Waals surface area (Å²) in [5.74, 6) is -2.80. The van der Waals surface area contributed by atoms with Crippen LogP contribution >= 0.6 is 0 Å². The second-order valence-corrected chi connectivity index (χ2v) is 6.63. The molecule has 0 aliphatic heterocycles. The van der Waals surface area contributed by atoms with Crippen LogP contribution in [-0.4, -0.2) is 33.0 Å². The zero-order chi connectivity index (χ0) is 22.0. The van der Waals surface area contributed by atoms with Crippen LogP contribution in [0.3, 0.4) is 0 Å². The Balaban J connectivity index is 1.46. The van der Waals surface area contributed by atoms with Crippen molar-refractivity contribution in [2.75, 3.05) is 12.4 Å². The molecular weight excluding hydrogens is 412 g/mol. The van der Waals surface area contributed by atoms with Gasteiger partial charge in [0.25, 0.3) is 5.91 Å². The summed E-state index contributed by atoms with van der Waals surface area (Å²) < 4.78 is 42.3. The number of alkyl halides is 2. The number of oxazole rings is 1. The van der Waals surface area contributed by atoms with Crippen LogP contribution in [0.2, 0.25) is 0 Å². The minimum Gasteiger partial charge on any atom is -0.497 e. The molecule has 0 saturated carbocycles. The number of methoxy groups -OCH3 is 1. The first-order valence-electron chi connectivity index (χ1n) is 9.10. The number of ether oxygens (including phenoxy) is 1. The molecule has 11 heteroatoms. The van der Waals surface area contributed by atoms with Gasteiger partial charge in [0.05, 0.1) is 13.3 Å². The highest BCUT2D eigenvalue weighted by molar-refractivity contribution is 6.05. The number of hydrogen-bond donors (Lipinski definition) is 1. The van der Waals surface area contributed by atoms with Gasteiger partial charge in [0, 0.05) is 12.5 Å². The first-order valence-corrected chi connectivity index (χ1v) is 9.10. The van der Waals surface area contributed by atoms with E-state index in [0.717, 1.165) is 6.92 Å². The Hall–Kier alpha value is -4.02. The number of anilines is 1. The van der Waals surface area contributed by atoms with Crippen LogP contribution < -0.4 is 10.1 Å². The largest absolute Gasteiger partial charge is 0.497 e. The van der Waals surface area contributed by atoms with Gasteiger partial charge in [0.1, 0.15) is 18.1 Å². The fourth-order valence-corrected chi connectivity index (χ4v) is 2.82. The molecule has 0 atom stereocenters. The Bertz CT molecular complexity index is 1210. The van der Waals surface area contributed by atoms with Gasteiger partial charge < -0.3 is 18.9 Å². The van der Waals surface area contributed by atoms with Gasteiger partial charge in [-0.2, -0.15) is 18.7 Å². The molecule has 0 aliphatic carbocycles. The number of carbonyl (C=O) groups is 1. The average Bonchev–Trinajstić information content (AvgIpc) is 3.48. The predicted molar refractivity (Wildman–Crippen MR) is 104 cm³/mol. The molecule has 9 nitrogen and oxygen atoms in total. The van der Waals surface area contributed by atoms with E-state index in [-0.39, 0.29) is 29.6 Å². The number of rotatable bonds is 7. The molecule has 0 fully saturated rings. The lowest BCUT2D eigenvalue weighted by atomic mass is 10.1. The monoisotopic (exact) mass is 429 g/mol. The lowest BCUT2D eigenvalue weighted by molar-refractivity contribution is -0.00641. The molecule has 0 aliphatic rings. The molecule has 3 heterocycles. The molecular formula is C20H17F2N5O4. The van der Waals surface area contributed by atoms with Gasteiger partial charge in [0.2, 0.25) is 0 Å². The Morgan fingerprint density at radius 1 is 1.29 bits per heavy atom. The number of carbonyl (C=O) groups excluding carboxylic acids is 1. The lowest BCUT2D eigenvalue weighted by Gasteiger charge is -2.05. The Kier molecular flexibility index (Phi) is 5.24. The van der Waals surface area contributed by atoms with Gasteiger partial charge in [-0.25, -0.2) is 4.98 Å². The normalized spacial score (nSPS) is 11.5. The number of benzene rings is 1. The minimum atomic E-state index is -3.08. The summed E-state index contributed by atoms with van der Waals surface area (Å²) >= 11 is 0. The minimum absolute atomic E-state index is 0.0188. The van der Waals surface area contributed by atoms with Crippen LogP contribution in [0.25, 0.3) is 11.3 Å². The highest BCUT2D eigenvalue weighted by atomic mass is 19.3. The topological polar surface area (TPSA) is 108 Å². The van der Waals surface area contributed by atoms with Crippen LogP contribution in [0.15, 0.2) is 57.8 Å². The number of amides is 1. The fourth-order valence-electron chi connectivity index (χ4n) is 2.82. The van der Waals surface area contributed by atoms with Gasteiger partial charge in [0.15, 0.2) is 29.4 Å². The molecule has 4 aromatic rings. The van der Waals surface area contributed by atoms with E-state index < -0.39 is 17.6 Å². The van der Waals surface area contributed by atoms with Crippen molar-refractivity contribution >= 4 is 11.7 Å². The molecule has 0 spiro atoms. The summed E-state index contributed by atoms with van der Waals surface area (Å²) in [6.45, 7) is 0.768. The highest BCUT2D eigenvalue weighted by Gasteiger charge is 2.28. The fraction of sp³-hybridized carbons (Fsp3) is 0.200. The second-order valence-electron chi connectivity index (χ2n) is 6.63. The Morgan fingerprint density at radius 2 is 2.13 bits per heavy atom. The quantitative estimate of drug-likeness (QED) is 0.474. The van der Waals surface area contributed by atoms with Crippen LogP contribution in [0, 0.1) is 0 Å². The van der Waals surface area contributed by atoms with Crippen molar-refractivity contribution in [3.63, 3.8) is 0 Å². The highest BCUT2D eigenvalue weighted by Crippen LogP contribution is 2.29. The number of hydrogen-bond acceptors (Lipinski definition) is 7. The van der Waals surface area contributed by atoms with Crippen molar-refractivity contribution in [1.82, 2.24) is 20.0 Å². The molecule has 31 heavy (non-hydrogen) atoms. The van der Waals surface area contributed by atoms with Crippen molar-refractivity contribution in [2.45, 2.75) is 19.4 Å². The maximum absolute atomic E-state index is 13.3. The SMILES string of the molecule is COc1cccc(-c2ocnc2C(=O)Nc2cnn(Cc3ccc(C(C)(F)F)o3)n2)c1. The summed E-state index contributed by atoms with van der Waals surface area (Å²) in [6.07, 6.45) is 2.49. The van der Waals surface area contributed by atoms with Gasteiger partial charge in [-0.1, -0.05) is 12.1 Å². The third-order valence-corrected chi connectivity index (χ3v) is 4.28. The number of aromatic nitrogens is 4. The van der Waals surface area contributed by atoms with Crippen molar-refractivity contribution in [2.24, 2.45) is 0 Å². The van der Waals surface area contributed by atoms with Crippen LogP contribution in [0.4, 0.5) is 14.6 Å². The van der Waals surface area contributed by atoms with E-state index in [1.54, 1.807) is 24.3 Å². The molecule has 4 rings (SSSR count). The smallest absolute Gasteiger partial charge is 0.301 e. The van der Waals surface area contributed by atoms with Crippen molar-refractivity contribution in [3.8, 4) is 17.1 Å². The third-order valence-electron chi connectivity index (χ3n) is 4.28. The second kappa shape index (κ2) is 8.01. The Morgan fingerprint density at radius 3 is 2.87 bits per heavy atom. The maximum Gasteiger partial charge on any atom is 0.301 e. The van der Waals surface area contributed by atoms with Crippen LogP contribution in [0.1, 0.15) is 28.9 Å². The van der Waals surface area contributed by atoms with Crippen molar-refractivity contribution < 1.29 is 27.1 Å². The van der Waals surface area contributed by atoms with Crippen molar-refractivity contribution in [3.05, 3.63) is 66.2 Å².